The van der Waals surface area contributed by atoms with Crippen LogP contribution in [0.4, 0.5) is 0 Å². The summed E-state index contributed by atoms with van der Waals surface area (Å²) in [4.78, 5) is 7.99. The van der Waals surface area contributed by atoms with Gasteiger partial charge in [-0.15, -0.1) is 0 Å². The molecule has 0 bridgehead atoms. The SMILES string of the molecule is CCn1ccc(CNC(C)c2nc3ccccc3[nH]2)c1. The fourth-order valence-electron chi connectivity index (χ4n) is 2.34. The van der Waals surface area contributed by atoms with Crippen molar-refractivity contribution in [3.05, 3.63) is 54.1 Å². The molecule has 2 N–H and O–H groups in total. The summed E-state index contributed by atoms with van der Waals surface area (Å²) in [6.45, 7) is 6.15. The first-order chi connectivity index (χ1) is 9.76. The number of aromatic amines is 1. The minimum absolute atomic E-state index is 0.201. The van der Waals surface area contributed by atoms with Crippen LogP contribution >= 0.6 is 0 Å². The molecule has 2 heterocycles. The van der Waals surface area contributed by atoms with Gasteiger partial charge in [0, 0.05) is 25.5 Å². The van der Waals surface area contributed by atoms with Crippen LogP contribution in [0.15, 0.2) is 42.7 Å². The molecule has 0 saturated heterocycles. The van der Waals surface area contributed by atoms with Crippen molar-refractivity contribution in [3.8, 4) is 0 Å². The quantitative estimate of drug-likeness (QED) is 0.746. The third kappa shape index (κ3) is 2.60. The zero-order valence-corrected chi connectivity index (χ0v) is 11.9. The lowest BCUT2D eigenvalue weighted by atomic mass is 10.3. The molecule has 0 aliphatic carbocycles. The van der Waals surface area contributed by atoms with Gasteiger partial charge in [-0.3, -0.25) is 0 Å². The fourth-order valence-corrected chi connectivity index (χ4v) is 2.34. The molecular formula is C16H20N4. The molecule has 20 heavy (non-hydrogen) atoms. The summed E-state index contributed by atoms with van der Waals surface area (Å²) in [5.74, 6) is 0.987. The van der Waals surface area contributed by atoms with E-state index in [1.54, 1.807) is 0 Å². The van der Waals surface area contributed by atoms with E-state index in [-0.39, 0.29) is 6.04 Å². The minimum atomic E-state index is 0.201. The van der Waals surface area contributed by atoms with E-state index in [0.717, 1.165) is 29.9 Å². The van der Waals surface area contributed by atoms with Gasteiger partial charge in [-0.2, -0.15) is 0 Å². The molecule has 0 amide bonds. The van der Waals surface area contributed by atoms with Crippen LogP contribution in [0.25, 0.3) is 11.0 Å². The molecule has 4 nitrogen and oxygen atoms in total. The van der Waals surface area contributed by atoms with Crippen LogP contribution in [-0.2, 0) is 13.1 Å². The Hall–Kier alpha value is -2.07. The first kappa shape index (κ1) is 12.9. The average Bonchev–Trinajstić information content (AvgIpc) is 3.10. The molecule has 0 fully saturated rings. The lowest BCUT2D eigenvalue weighted by Crippen LogP contribution is -2.18. The number of aromatic nitrogens is 3. The van der Waals surface area contributed by atoms with E-state index >= 15 is 0 Å². The first-order valence-corrected chi connectivity index (χ1v) is 7.09. The molecule has 0 saturated carbocycles. The maximum atomic E-state index is 4.62. The van der Waals surface area contributed by atoms with E-state index in [2.05, 4.69) is 58.2 Å². The van der Waals surface area contributed by atoms with Gasteiger partial charge < -0.3 is 14.9 Å². The number of hydrogen-bond acceptors (Lipinski definition) is 2. The van der Waals surface area contributed by atoms with Gasteiger partial charge in [0.25, 0.3) is 0 Å². The molecule has 1 unspecified atom stereocenters. The molecule has 104 valence electrons. The van der Waals surface area contributed by atoms with Crippen molar-refractivity contribution in [3.63, 3.8) is 0 Å². The Bertz CT molecular complexity index is 662. The molecule has 0 radical (unpaired) electrons. The summed E-state index contributed by atoms with van der Waals surface area (Å²) in [6.07, 6.45) is 4.29. The number of benzene rings is 1. The van der Waals surface area contributed by atoms with Gasteiger partial charge in [0.1, 0.15) is 5.82 Å². The first-order valence-electron chi connectivity index (χ1n) is 7.09. The van der Waals surface area contributed by atoms with Crippen LogP contribution < -0.4 is 5.32 Å². The number of imidazole rings is 1. The Kier molecular flexibility index (Phi) is 3.56. The molecule has 3 rings (SSSR count). The Morgan fingerprint density at radius 1 is 1.30 bits per heavy atom. The second-order valence-corrected chi connectivity index (χ2v) is 5.09. The molecule has 0 spiro atoms. The van der Waals surface area contributed by atoms with Crippen molar-refractivity contribution in [2.24, 2.45) is 0 Å². The van der Waals surface area contributed by atoms with Crippen LogP contribution in [0, 0.1) is 0 Å². The summed E-state index contributed by atoms with van der Waals surface area (Å²) in [6, 6.07) is 10.5. The number of nitrogens with zero attached hydrogens (tertiary/aromatic N) is 2. The smallest absolute Gasteiger partial charge is 0.124 e. The molecule has 3 aromatic rings. The summed E-state index contributed by atoms with van der Waals surface area (Å²) >= 11 is 0. The Labute approximate surface area is 118 Å². The third-order valence-electron chi connectivity index (χ3n) is 3.61. The number of fused-ring (bicyclic) bond motifs is 1. The third-order valence-corrected chi connectivity index (χ3v) is 3.61. The van der Waals surface area contributed by atoms with Crippen LogP contribution in [0.3, 0.4) is 0 Å². The predicted octanol–water partition coefficient (Wildman–Crippen LogP) is 3.24. The molecule has 2 aromatic heterocycles. The van der Waals surface area contributed by atoms with Gasteiger partial charge >= 0.3 is 0 Å². The van der Waals surface area contributed by atoms with Crippen LogP contribution in [0.5, 0.6) is 0 Å². The number of rotatable bonds is 5. The highest BCUT2D eigenvalue weighted by Gasteiger charge is 2.10. The van der Waals surface area contributed by atoms with Crippen LogP contribution in [0.2, 0.25) is 0 Å². The Morgan fingerprint density at radius 3 is 2.90 bits per heavy atom. The summed E-state index contributed by atoms with van der Waals surface area (Å²) in [5.41, 5.74) is 3.41. The highest BCUT2D eigenvalue weighted by molar-refractivity contribution is 5.74. The number of aryl methyl sites for hydroxylation is 1. The van der Waals surface area contributed by atoms with E-state index < -0.39 is 0 Å². The van der Waals surface area contributed by atoms with Crippen molar-refractivity contribution >= 4 is 11.0 Å². The van der Waals surface area contributed by atoms with Crippen molar-refractivity contribution in [2.75, 3.05) is 0 Å². The van der Waals surface area contributed by atoms with Gasteiger partial charge in [0.2, 0.25) is 0 Å². The number of nitrogens with one attached hydrogen (secondary N) is 2. The zero-order valence-electron chi connectivity index (χ0n) is 11.9. The van der Waals surface area contributed by atoms with Crippen LogP contribution in [-0.4, -0.2) is 14.5 Å². The highest BCUT2D eigenvalue weighted by atomic mass is 15.0. The van der Waals surface area contributed by atoms with Crippen molar-refractivity contribution in [1.29, 1.82) is 0 Å². The van der Waals surface area contributed by atoms with Crippen molar-refractivity contribution in [1.82, 2.24) is 19.9 Å². The lowest BCUT2D eigenvalue weighted by molar-refractivity contribution is 0.551. The van der Waals surface area contributed by atoms with Gasteiger partial charge in [-0.05, 0) is 37.6 Å². The van der Waals surface area contributed by atoms with E-state index in [4.69, 9.17) is 0 Å². The molecule has 0 aliphatic rings. The minimum Gasteiger partial charge on any atom is -0.354 e. The van der Waals surface area contributed by atoms with Crippen molar-refractivity contribution in [2.45, 2.75) is 33.0 Å². The van der Waals surface area contributed by atoms with E-state index in [0.29, 0.717) is 0 Å². The Morgan fingerprint density at radius 2 is 2.15 bits per heavy atom. The molecule has 1 aromatic carbocycles. The maximum absolute atomic E-state index is 4.62. The largest absolute Gasteiger partial charge is 0.354 e. The van der Waals surface area contributed by atoms with Gasteiger partial charge in [-0.1, -0.05) is 12.1 Å². The lowest BCUT2D eigenvalue weighted by Gasteiger charge is -2.10. The van der Waals surface area contributed by atoms with E-state index in [1.807, 2.05) is 18.2 Å². The molecule has 4 heteroatoms. The summed E-state index contributed by atoms with van der Waals surface area (Å²) in [7, 11) is 0. The molecular weight excluding hydrogens is 248 g/mol. The highest BCUT2D eigenvalue weighted by Crippen LogP contribution is 2.16. The normalized spacial score (nSPS) is 12.9. The van der Waals surface area contributed by atoms with Crippen LogP contribution in [0.1, 0.15) is 31.3 Å². The topological polar surface area (TPSA) is 45.6 Å². The standard InChI is InChI=1S/C16H20N4/c1-3-20-9-8-13(11-20)10-17-12(2)16-18-14-6-4-5-7-15(14)19-16/h4-9,11-12,17H,3,10H2,1-2H3,(H,18,19). The predicted molar refractivity (Wildman–Crippen MR) is 81.5 cm³/mol. The summed E-state index contributed by atoms with van der Waals surface area (Å²) < 4.78 is 2.18. The fraction of sp³-hybridized carbons (Fsp3) is 0.312. The number of hydrogen-bond donors (Lipinski definition) is 2. The van der Waals surface area contributed by atoms with Gasteiger partial charge in [0.15, 0.2) is 0 Å². The maximum Gasteiger partial charge on any atom is 0.124 e. The number of H-pyrrole nitrogens is 1. The second kappa shape index (κ2) is 5.51. The number of para-hydroxylation sites is 2. The molecule has 1 atom stereocenters. The Balaban J connectivity index is 1.67. The van der Waals surface area contributed by atoms with Crippen molar-refractivity contribution < 1.29 is 0 Å². The second-order valence-electron chi connectivity index (χ2n) is 5.09. The van der Waals surface area contributed by atoms with E-state index in [1.165, 1.54) is 5.56 Å². The van der Waals surface area contributed by atoms with Gasteiger partial charge in [-0.25, -0.2) is 4.98 Å². The molecule has 0 aliphatic heterocycles. The average molecular weight is 268 g/mol. The van der Waals surface area contributed by atoms with E-state index in [9.17, 15) is 0 Å². The monoisotopic (exact) mass is 268 g/mol. The van der Waals surface area contributed by atoms with Gasteiger partial charge in [0.05, 0.1) is 17.1 Å². The zero-order chi connectivity index (χ0) is 13.9. The summed E-state index contributed by atoms with van der Waals surface area (Å²) in [5, 5.41) is 3.51.